The number of carbonyl (C=O) groups excluding carboxylic acids is 1. The maximum Gasteiger partial charge on any atom is 0.295 e. The summed E-state index contributed by atoms with van der Waals surface area (Å²) in [4.78, 5) is 17.4. The molecular formula is C22H14Cl4N4O. The van der Waals surface area contributed by atoms with Crippen LogP contribution in [-0.4, -0.2) is 20.7 Å². The molecule has 0 aliphatic rings. The number of halogens is 4. The fraction of sp³-hybridized carbons (Fsp3) is 0.0455. The summed E-state index contributed by atoms with van der Waals surface area (Å²) in [6, 6.07) is 17.4. The van der Waals surface area contributed by atoms with E-state index in [1.807, 2.05) is 13.0 Å². The molecule has 4 aromatic rings. The van der Waals surface area contributed by atoms with Crippen LogP contribution in [0.5, 0.6) is 0 Å². The van der Waals surface area contributed by atoms with Gasteiger partial charge in [0.1, 0.15) is 0 Å². The van der Waals surface area contributed by atoms with Crippen molar-refractivity contribution < 1.29 is 4.79 Å². The molecule has 1 amide bonds. The second-order valence-corrected chi connectivity index (χ2v) is 8.38. The van der Waals surface area contributed by atoms with Crippen molar-refractivity contribution in [1.29, 1.82) is 0 Å². The minimum Gasteiger partial charge on any atom is -0.319 e. The first-order chi connectivity index (χ1) is 14.8. The Morgan fingerprint density at radius 3 is 2.29 bits per heavy atom. The van der Waals surface area contributed by atoms with Crippen molar-refractivity contribution in [2.45, 2.75) is 6.92 Å². The van der Waals surface area contributed by atoms with Gasteiger partial charge in [-0.05, 0) is 67.1 Å². The van der Waals surface area contributed by atoms with E-state index in [-0.39, 0.29) is 5.82 Å². The van der Waals surface area contributed by atoms with Crippen LogP contribution in [0.1, 0.15) is 16.2 Å². The number of hydrogen-bond donors (Lipinski definition) is 1. The fourth-order valence-corrected chi connectivity index (χ4v) is 3.49. The van der Waals surface area contributed by atoms with Crippen LogP contribution in [0.4, 0.5) is 5.69 Å². The molecule has 0 saturated heterocycles. The number of aryl methyl sites for hydroxylation is 1. The van der Waals surface area contributed by atoms with Gasteiger partial charge in [0.2, 0.25) is 5.82 Å². The highest BCUT2D eigenvalue weighted by atomic mass is 35.5. The summed E-state index contributed by atoms with van der Waals surface area (Å²) in [5, 5.41) is 9.10. The third-order valence-corrected chi connectivity index (χ3v) is 5.73. The molecule has 156 valence electrons. The Balaban J connectivity index is 1.78. The van der Waals surface area contributed by atoms with Crippen LogP contribution in [0.3, 0.4) is 0 Å². The Morgan fingerprint density at radius 2 is 1.58 bits per heavy atom. The summed E-state index contributed by atoms with van der Waals surface area (Å²) in [5.74, 6) is -0.0437. The Labute approximate surface area is 198 Å². The average Bonchev–Trinajstić information content (AvgIpc) is 3.19. The molecule has 5 nitrogen and oxygen atoms in total. The molecule has 0 saturated carbocycles. The van der Waals surface area contributed by atoms with E-state index < -0.39 is 5.91 Å². The lowest BCUT2D eigenvalue weighted by atomic mass is 10.2. The van der Waals surface area contributed by atoms with Crippen LogP contribution < -0.4 is 5.32 Å². The van der Waals surface area contributed by atoms with Crippen LogP contribution in [0.25, 0.3) is 17.1 Å². The Kier molecular flexibility index (Phi) is 6.21. The van der Waals surface area contributed by atoms with Gasteiger partial charge in [0, 0.05) is 21.3 Å². The van der Waals surface area contributed by atoms with E-state index >= 15 is 0 Å². The van der Waals surface area contributed by atoms with E-state index in [9.17, 15) is 4.79 Å². The lowest BCUT2D eigenvalue weighted by Crippen LogP contribution is -2.15. The number of nitrogens with zero attached hydrogens (tertiary/aromatic N) is 3. The molecule has 0 aliphatic heterocycles. The van der Waals surface area contributed by atoms with Gasteiger partial charge >= 0.3 is 0 Å². The highest BCUT2D eigenvalue weighted by Gasteiger charge is 2.20. The number of amides is 1. The van der Waals surface area contributed by atoms with Crippen molar-refractivity contribution in [2.24, 2.45) is 0 Å². The first-order valence-electron chi connectivity index (χ1n) is 9.08. The van der Waals surface area contributed by atoms with E-state index in [1.165, 1.54) is 4.68 Å². The molecule has 0 fully saturated rings. The molecule has 0 bridgehead atoms. The molecule has 9 heteroatoms. The second kappa shape index (κ2) is 8.89. The SMILES string of the molecule is Cc1ccc(Cl)cc1NC(=O)c1nc(-c2ccc(Cl)cc2)n(-c2ccc(Cl)c(Cl)c2)n1. The van der Waals surface area contributed by atoms with Crippen LogP contribution in [0, 0.1) is 6.92 Å². The minimum absolute atomic E-state index is 0.0182. The van der Waals surface area contributed by atoms with Gasteiger partial charge in [0.05, 0.1) is 15.7 Å². The second-order valence-electron chi connectivity index (χ2n) is 6.69. The fourth-order valence-electron chi connectivity index (χ4n) is 2.90. The van der Waals surface area contributed by atoms with Crippen molar-refractivity contribution in [3.05, 3.63) is 92.1 Å². The van der Waals surface area contributed by atoms with Crippen molar-refractivity contribution in [3.8, 4) is 17.1 Å². The highest BCUT2D eigenvalue weighted by Crippen LogP contribution is 2.28. The van der Waals surface area contributed by atoms with Crippen LogP contribution in [-0.2, 0) is 0 Å². The smallest absolute Gasteiger partial charge is 0.295 e. The maximum absolute atomic E-state index is 12.9. The molecule has 0 aliphatic carbocycles. The van der Waals surface area contributed by atoms with Crippen LogP contribution >= 0.6 is 46.4 Å². The molecule has 3 aromatic carbocycles. The van der Waals surface area contributed by atoms with Crippen molar-refractivity contribution in [3.63, 3.8) is 0 Å². The van der Waals surface area contributed by atoms with E-state index in [0.717, 1.165) is 11.1 Å². The summed E-state index contributed by atoms with van der Waals surface area (Å²) in [7, 11) is 0. The Hall–Kier alpha value is -2.57. The number of carbonyl (C=O) groups is 1. The Bertz CT molecular complexity index is 1290. The first-order valence-corrected chi connectivity index (χ1v) is 10.6. The molecular weight excluding hydrogens is 478 g/mol. The Morgan fingerprint density at radius 1 is 0.871 bits per heavy atom. The van der Waals surface area contributed by atoms with Crippen LogP contribution in [0.15, 0.2) is 60.7 Å². The molecule has 0 atom stereocenters. The molecule has 31 heavy (non-hydrogen) atoms. The van der Waals surface area contributed by atoms with E-state index in [2.05, 4.69) is 15.4 Å². The summed E-state index contributed by atoms with van der Waals surface area (Å²) in [5.41, 5.74) is 2.77. The summed E-state index contributed by atoms with van der Waals surface area (Å²) < 4.78 is 1.53. The monoisotopic (exact) mass is 490 g/mol. The van der Waals surface area contributed by atoms with Crippen LogP contribution in [0.2, 0.25) is 20.1 Å². The summed E-state index contributed by atoms with van der Waals surface area (Å²) in [6.45, 7) is 1.87. The number of hydrogen-bond acceptors (Lipinski definition) is 3. The van der Waals surface area contributed by atoms with Crippen molar-refractivity contribution in [2.75, 3.05) is 5.32 Å². The molecule has 1 aromatic heterocycles. The summed E-state index contributed by atoms with van der Waals surface area (Å²) in [6.07, 6.45) is 0. The van der Waals surface area contributed by atoms with Gasteiger partial charge in [-0.15, -0.1) is 5.10 Å². The van der Waals surface area contributed by atoms with Gasteiger partial charge < -0.3 is 5.32 Å². The zero-order valence-electron chi connectivity index (χ0n) is 16.0. The predicted molar refractivity (Wildman–Crippen MR) is 126 cm³/mol. The van der Waals surface area contributed by atoms with E-state index in [4.69, 9.17) is 46.4 Å². The van der Waals surface area contributed by atoms with E-state index in [0.29, 0.717) is 37.3 Å². The molecule has 4 rings (SSSR count). The maximum atomic E-state index is 12.9. The van der Waals surface area contributed by atoms with Crippen molar-refractivity contribution in [1.82, 2.24) is 14.8 Å². The quantitative estimate of drug-likeness (QED) is 0.331. The third kappa shape index (κ3) is 4.70. The highest BCUT2D eigenvalue weighted by molar-refractivity contribution is 6.42. The number of rotatable bonds is 4. The molecule has 0 unspecified atom stereocenters. The molecule has 0 radical (unpaired) electrons. The van der Waals surface area contributed by atoms with E-state index in [1.54, 1.807) is 54.6 Å². The molecule has 0 spiro atoms. The van der Waals surface area contributed by atoms with Gasteiger partial charge in [0.15, 0.2) is 5.82 Å². The largest absolute Gasteiger partial charge is 0.319 e. The minimum atomic E-state index is -0.473. The normalized spacial score (nSPS) is 10.9. The number of benzene rings is 3. The standard InChI is InChI=1S/C22H14Cl4N4O/c1-12-2-5-15(24)10-19(12)27-22(31)20-28-21(13-3-6-14(23)7-4-13)30(29-20)16-8-9-17(25)18(26)11-16/h2-11H,1H3,(H,27,31). The molecule has 1 heterocycles. The zero-order valence-corrected chi connectivity index (χ0v) is 19.1. The predicted octanol–water partition coefficient (Wildman–Crippen LogP) is 7.11. The first kappa shape index (κ1) is 21.7. The average molecular weight is 492 g/mol. The zero-order chi connectivity index (χ0) is 22.1. The number of anilines is 1. The molecule has 1 N–H and O–H groups in total. The van der Waals surface area contributed by atoms with Gasteiger partial charge in [0.25, 0.3) is 5.91 Å². The lowest BCUT2D eigenvalue weighted by molar-refractivity contribution is 0.101. The van der Waals surface area contributed by atoms with Gasteiger partial charge in [-0.2, -0.15) is 0 Å². The number of aromatic nitrogens is 3. The summed E-state index contributed by atoms with van der Waals surface area (Å²) >= 11 is 24.3. The van der Waals surface area contributed by atoms with Gasteiger partial charge in [-0.1, -0.05) is 52.5 Å². The van der Waals surface area contributed by atoms with Crippen molar-refractivity contribution >= 4 is 58.0 Å². The van der Waals surface area contributed by atoms with Gasteiger partial charge in [-0.3, -0.25) is 4.79 Å². The number of nitrogens with one attached hydrogen (secondary N) is 1. The topological polar surface area (TPSA) is 59.8 Å². The third-order valence-electron chi connectivity index (χ3n) is 4.51. The lowest BCUT2D eigenvalue weighted by Gasteiger charge is -2.07. The van der Waals surface area contributed by atoms with Gasteiger partial charge in [-0.25, -0.2) is 9.67 Å².